The standard InChI is InChI=1S/C22H31N3O3S/c1-16(18-8-12-20(13-9-18)29(23,27)28)24-21(26)15-25(5)14-17-6-10-19(11-7-17)22(2,3)4/h6-13,16H,14-15H2,1-5H3,(H,24,26)(H2,23,27,28)/t16-/m1/s1. The van der Waals surface area contributed by atoms with Gasteiger partial charge in [0.15, 0.2) is 0 Å². The molecule has 7 heteroatoms. The lowest BCUT2D eigenvalue weighted by molar-refractivity contribution is -0.122. The summed E-state index contributed by atoms with van der Waals surface area (Å²) in [6.07, 6.45) is 0. The van der Waals surface area contributed by atoms with E-state index in [4.69, 9.17) is 5.14 Å². The zero-order valence-corrected chi connectivity index (χ0v) is 18.6. The second-order valence-electron chi connectivity index (χ2n) is 8.52. The summed E-state index contributed by atoms with van der Waals surface area (Å²) in [6, 6.07) is 14.4. The molecule has 158 valence electrons. The summed E-state index contributed by atoms with van der Waals surface area (Å²) in [5.74, 6) is -0.0955. The van der Waals surface area contributed by atoms with Crippen molar-refractivity contribution in [3.05, 3.63) is 65.2 Å². The molecule has 2 aromatic rings. The molecule has 0 aromatic heterocycles. The Morgan fingerprint density at radius 2 is 1.62 bits per heavy atom. The van der Waals surface area contributed by atoms with Gasteiger partial charge in [-0.25, -0.2) is 13.6 Å². The molecule has 0 bridgehead atoms. The molecule has 3 N–H and O–H groups in total. The first-order valence-electron chi connectivity index (χ1n) is 9.56. The number of hydrogen-bond acceptors (Lipinski definition) is 4. The molecular weight excluding hydrogens is 386 g/mol. The number of carbonyl (C=O) groups is 1. The topological polar surface area (TPSA) is 92.5 Å². The Balaban J connectivity index is 1.89. The number of rotatable bonds is 7. The SMILES string of the molecule is C[C@@H](NC(=O)CN(C)Cc1ccc(C(C)(C)C)cc1)c1ccc(S(N)(=O)=O)cc1. The van der Waals surface area contributed by atoms with Crippen molar-refractivity contribution in [2.45, 2.75) is 50.6 Å². The van der Waals surface area contributed by atoms with Crippen molar-refractivity contribution in [2.24, 2.45) is 5.14 Å². The molecule has 1 amide bonds. The van der Waals surface area contributed by atoms with Gasteiger partial charge in [-0.05, 0) is 48.2 Å². The number of benzene rings is 2. The third-order valence-corrected chi connectivity index (χ3v) is 5.70. The van der Waals surface area contributed by atoms with Gasteiger partial charge in [0.25, 0.3) is 0 Å². The summed E-state index contributed by atoms with van der Waals surface area (Å²) in [5.41, 5.74) is 3.36. The fourth-order valence-electron chi connectivity index (χ4n) is 3.04. The summed E-state index contributed by atoms with van der Waals surface area (Å²) >= 11 is 0. The van der Waals surface area contributed by atoms with Gasteiger partial charge in [0.2, 0.25) is 15.9 Å². The number of likely N-dealkylation sites (N-methyl/N-ethyl adjacent to an activating group) is 1. The summed E-state index contributed by atoms with van der Waals surface area (Å²) in [5, 5.41) is 8.05. The lowest BCUT2D eigenvalue weighted by Crippen LogP contribution is -2.36. The maximum Gasteiger partial charge on any atom is 0.238 e. The molecule has 0 unspecified atom stereocenters. The van der Waals surface area contributed by atoms with Crippen LogP contribution in [0.1, 0.15) is 50.4 Å². The first-order chi connectivity index (χ1) is 13.4. The average Bonchev–Trinajstić information content (AvgIpc) is 2.60. The molecule has 2 rings (SSSR count). The Labute approximate surface area is 174 Å². The fourth-order valence-corrected chi connectivity index (χ4v) is 3.55. The Bertz CT molecular complexity index is 931. The predicted octanol–water partition coefficient (Wildman–Crippen LogP) is 2.94. The quantitative estimate of drug-likeness (QED) is 0.724. The Morgan fingerprint density at radius 1 is 1.07 bits per heavy atom. The maximum atomic E-state index is 12.4. The average molecular weight is 418 g/mol. The normalized spacial score (nSPS) is 13.3. The predicted molar refractivity (Wildman–Crippen MR) is 116 cm³/mol. The Hall–Kier alpha value is -2.22. The van der Waals surface area contributed by atoms with Gasteiger partial charge in [0.1, 0.15) is 0 Å². The largest absolute Gasteiger partial charge is 0.348 e. The summed E-state index contributed by atoms with van der Waals surface area (Å²) in [4.78, 5) is 14.4. The molecule has 0 aliphatic carbocycles. The second kappa shape index (κ2) is 9.07. The van der Waals surface area contributed by atoms with E-state index in [2.05, 4.69) is 50.4 Å². The molecule has 0 radical (unpaired) electrons. The third-order valence-electron chi connectivity index (χ3n) is 4.77. The summed E-state index contributed by atoms with van der Waals surface area (Å²) < 4.78 is 22.7. The van der Waals surface area contributed by atoms with E-state index in [-0.39, 0.29) is 28.8 Å². The molecule has 2 aromatic carbocycles. The van der Waals surface area contributed by atoms with Crippen molar-refractivity contribution in [1.82, 2.24) is 10.2 Å². The van der Waals surface area contributed by atoms with Crippen molar-refractivity contribution in [1.29, 1.82) is 0 Å². The van der Waals surface area contributed by atoms with Crippen molar-refractivity contribution < 1.29 is 13.2 Å². The van der Waals surface area contributed by atoms with Crippen LogP contribution in [0.5, 0.6) is 0 Å². The minimum Gasteiger partial charge on any atom is -0.348 e. The highest BCUT2D eigenvalue weighted by atomic mass is 32.2. The van der Waals surface area contributed by atoms with Crippen molar-refractivity contribution in [2.75, 3.05) is 13.6 Å². The molecule has 0 saturated carbocycles. The maximum absolute atomic E-state index is 12.4. The van der Waals surface area contributed by atoms with Gasteiger partial charge in [-0.1, -0.05) is 57.2 Å². The lowest BCUT2D eigenvalue weighted by atomic mass is 9.87. The first kappa shape index (κ1) is 23.1. The van der Waals surface area contributed by atoms with E-state index in [9.17, 15) is 13.2 Å². The van der Waals surface area contributed by atoms with E-state index in [1.165, 1.54) is 17.7 Å². The monoisotopic (exact) mass is 417 g/mol. The highest BCUT2D eigenvalue weighted by Gasteiger charge is 2.15. The van der Waals surface area contributed by atoms with Crippen LogP contribution in [0.25, 0.3) is 0 Å². The first-order valence-corrected chi connectivity index (χ1v) is 11.1. The van der Waals surface area contributed by atoms with Crippen LogP contribution in [-0.2, 0) is 26.8 Å². The molecule has 1 atom stereocenters. The van der Waals surface area contributed by atoms with Gasteiger partial charge in [-0.3, -0.25) is 9.69 Å². The van der Waals surface area contributed by atoms with Crippen LogP contribution in [0.3, 0.4) is 0 Å². The van der Waals surface area contributed by atoms with Gasteiger partial charge in [-0.15, -0.1) is 0 Å². The molecule has 0 saturated heterocycles. The number of nitrogens with zero attached hydrogens (tertiary/aromatic N) is 1. The molecular formula is C22H31N3O3S. The summed E-state index contributed by atoms with van der Waals surface area (Å²) in [6.45, 7) is 9.34. The van der Waals surface area contributed by atoms with E-state index in [0.717, 1.165) is 11.1 Å². The van der Waals surface area contributed by atoms with E-state index < -0.39 is 10.0 Å². The molecule has 0 fully saturated rings. The number of amides is 1. The van der Waals surface area contributed by atoms with Crippen LogP contribution in [-0.4, -0.2) is 32.8 Å². The molecule has 0 heterocycles. The smallest absolute Gasteiger partial charge is 0.238 e. The van der Waals surface area contributed by atoms with Crippen LogP contribution < -0.4 is 10.5 Å². The Morgan fingerprint density at radius 3 is 2.10 bits per heavy atom. The van der Waals surface area contributed by atoms with Gasteiger partial charge in [0.05, 0.1) is 17.5 Å². The van der Waals surface area contributed by atoms with Crippen molar-refractivity contribution >= 4 is 15.9 Å². The number of hydrogen-bond donors (Lipinski definition) is 2. The minimum atomic E-state index is -3.72. The van der Waals surface area contributed by atoms with E-state index >= 15 is 0 Å². The minimum absolute atomic E-state index is 0.0528. The van der Waals surface area contributed by atoms with Crippen LogP contribution in [0, 0.1) is 0 Å². The molecule has 6 nitrogen and oxygen atoms in total. The summed E-state index contributed by atoms with van der Waals surface area (Å²) in [7, 11) is -1.81. The fraction of sp³-hybridized carbons (Fsp3) is 0.409. The Kier molecular flexibility index (Phi) is 7.21. The van der Waals surface area contributed by atoms with Crippen LogP contribution >= 0.6 is 0 Å². The van der Waals surface area contributed by atoms with Gasteiger partial charge in [-0.2, -0.15) is 0 Å². The number of carbonyl (C=O) groups excluding carboxylic acids is 1. The number of primary sulfonamides is 1. The van der Waals surface area contributed by atoms with Gasteiger partial charge < -0.3 is 5.32 Å². The molecule has 29 heavy (non-hydrogen) atoms. The third kappa shape index (κ3) is 6.96. The highest BCUT2D eigenvalue weighted by molar-refractivity contribution is 7.89. The van der Waals surface area contributed by atoms with Crippen LogP contribution in [0.15, 0.2) is 53.4 Å². The number of nitrogens with two attached hydrogens (primary N) is 1. The van der Waals surface area contributed by atoms with E-state index in [0.29, 0.717) is 6.54 Å². The lowest BCUT2D eigenvalue weighted by Gasteiger charge is -2.21. The van der Waals surface area contributed by atoms with E-state index in [1.807, 2.05) is 18.9 Å². The zero-order valence-electron chi connectivity index (χ0n) is 17.8. The van der Waals surface area contributed by atoms with Crippen molar-refractivity contribution in [3.63, 3.8) is 0 Å². The van der Waals surface area contributed by atoms with Crippen LogP contribution in [0.2, 0.25) is 0 Å². The molecule has 0 aliphatic rings. The van der Waals surface area contributed by atoms with Gasteiger partial charge in [0, 0.05) is 6.54 Å². The van der Waals surface area contributed by atoms with Crippen LogP contribution in [0.4, 0.5) is 0 Å². The number of nitrogens with one attached hydrogen (secondary N) is 1. The molecule has 0 aliphatic heterocycles. The zero-order chi connectivity index (χ0) is 21.8. The highest BCUT2D eigenvalue weighted by Crippen LogP contribution is 2.22. The van der Waals surface area contributed by atoms with E-state index in [1.54, 1.807) is 12.1 Å². The van der Waals surface area contributed by atoms with Gasteiger partial charge >= 0.3 is 0 Å². The van der Waals surface area contributed by atoms with Crippen molar-refractivity contribution in [3.8, 4) is 0 Å². The molecule has 0 spiro atoms. The number of sulfonamides is 1. The second-order valence-corrected chi connectivity index (χ2v) is 10.1.